The second-order valence-corrected chi connectivity index (χ2v) is 9.03. The number of nitrogens with one attached hydrogen (secondary N) is 2. The summed E-state index contributed by atoms with van der Waals surface area (Å²) in [5, 5.41) is 6.00. The molecule has 0 saturated heterocycles. The summed E-state index contributed by atoms with van der Waals surface area (Å²) >= 11 is 0. The molecule has 0 bridgehead atoms. The van der Waals surface area contributed by atoms with Gasteiger partial charge in [-0.1, -0.05) is 68.1 Å². The van der Waals surface area contributed by atoms with Crippen molar-refractivity contribution in [3.8, 4) is 0 Å². The fourth-order valence-corrected chi connectivity index (χ4v) is 4.45. The molecule has 4 aromatic carbocycles. The summed E-state index contributed by atoms with van der Waals surface area (Å²) in [5.74, 6) is 0. The molecule has 39 heavy (non-hydrogen) atoms. The first-order valence-electron chi connectivity index (χ1n) is 12.2. The van der Waals surface area contributed by atoms with Gasteiger partial charge in [0.2, 0.25) is 5.41 Å². The highest BCUT2D eigenvalue weighted by Gasteiger charge is 2.72. The molecule has 202 valence electrons. The van der Waals surface area contributed by atoms with Gasteiger partial charge in [-0.15, -0.1) is 0 Å². The summed E-state index contributed by atoms with van der Waals surface area (Å²) in [6.45, 7) is 5.66. The molecule has 0 atom stereocenters. The van der Waals surface area contributed by atoms with Gasteiger partial charge in [0.1, 0.15) is 0 Å². The van der Waals surface area contributed by atoms with Gasteiger partial charge in [0, 0.05) is 22.7 Å². The van der Waals surface area contributed by atoms with Crippen molar-refractivity contribution in [2.75, 3.05) is 10.6 Å². The summed E-state index contributed by atoms with van der Waals surface area (Å²) in [7, 11) is 0. The Balaban J connectivity index is 1.68. The van der Waals surface area contributed by atoms with Gasteiger partial charge in [-0.3, -0.25) is 0 Å². The Bertz CT molecular complexity index is 1370. The lowest BCUT2D eigenvalue weighted by Crippen LogP contribution is -2.54. The molecule has 0 spiro atoms. The molecule has 0 saturated carbocycles. The third-order valence-electron chi connectivity index (χ3n) is 6.57. The van der Waals surface area contributed by atoms with Gasteiger partial charge in [-0.2, -0.15) is 26.3 Å². The van der Waals surface area contributed by atoms with Crippen LogP contribution in [0.25, 0.3) is 6.08 Å². The molecule has 2 nitrogen and oxygen atoms in total. The fourth-order valence-electron chi connectivity index (χ4n) is 4.45. The van der Waals surface area contributed by atoms with Crippen molar-refractivity contribution in [1.29, 1.82) is 0 Å². The smallest absolute Gasteiger partial charge is 0.356 e. The van der Waals surface area contributed by atoms with Crippen LogP contribution in [-0.2, 0) is 11.8 Å². The van der Waals surface area contributed by atoms with E-state index in [9.17, 15) is 26.3 Å². The summed E-state index contributed by atoms with van der Waals surface area (Å²) in [5.41, 5.74) is -2.10. The lowest BCUT2D eigenvalue weighted by molar-refractivity contribution is -0.288. The maximum absolute atomic E-state index is 14.5. The second kappa shape index (κ2) is 10.9. The van der Waals surface area contributed by atoms with Gasteiger partial charge in [-0.25, -0.2) is 0 Å². The summed E-state index contributed by atoms with van der Waals surface area (Å²) in [6.07, 6.45) is -8.83. The Morgan fingerprint density at radius 2 is 0.897 bits per heavy atom. The average Bonchev–Trinajstić information content (AvgIpc) is 2.90. The van der Waals surface area contributed by atoms with E-state index in [0.717, 1.165) is 41.8 Å². The number of alkyl halides is 6. The number of hydrogen-bond donors (Lipinski definition) is 2. The van der Waals surface area contributed by atoms with E-state index >= 15 is 0 Å². The maximum Gasteiger partial charge on any atom is 0.411 e. The van der Waals surface area contributed by atoms with Crippen LogP contribution in [-0.4, -0.2) is 12.4 Å². The second-order valence-electron chi connectivity index (χ2n) is 9.03. The molecule has 0 amide bonds. The van der Waals surface area contributed by atoms with Crippen LogP contribution in [0.1, 0.15) is 29.2 Å². The summed E-state index contributed by atoms with van der Waals surface area (Å²) in [6, 6.07) is 22.7. The number of halogens is 6. The maximum atomic E-state index is 14.5. The van der Waals surface area contributed by atoms with Gasteiger partial charge < -0.3 is 10.6 Å². The van der Waals surface area contributed by atoms with Crippen LogP contribution < -0.4 is 10.6 Å². The van der Waals surface area contributed by atoms with E-state index < -0.39 is 28.9 Å². The Morgan fingerprint density at radius 1 is 0.564 bits per heavy atom. The minimum absolute atomic E-state index is 0.344. The molecule has 0 aliphatic rings. The Hall–Kier alpha value is -4.20. The van der Waals surface area contributed by atoms with E-state index in [2.05, 4.69) is 17.2 Å². The first-order chi connectivity index (χ1) is 18.5. The van der Waals surface area contributed by atoms with Crippen molar-refractivity contribution in [1.82, 2.24) is 0 Å². The van der Waals surface area contributed by atoms with Crippen LogP contribution in [0, 0.1) is 0 Å². The molecular formula is C31H26F6N2. The lowest BCUT2D eigenvalue weighted by Gasteiger charge is -2.38. The zero-order chi connectivity index (χ0) is 28.3. The number of benzene rings is 4. The van der Waals surface area contributed by atoms with Crippen molar-refractivity contribution in [2.24, 2.45) is 0 Å². The van der Waals surface area contributed by atoms with Gasteiger partial charge in [-0.05, 0) is 77.2 Å². The summed E-state index contributed by atoms with van der Waals surface area (Å²) < 4.78 is 87.1. The van der Waals surface area contributed by atoms with Crippen LogP contribution in [0.4, 0.5) is 49.1 Å². The average molecular weight is 541 g/mol. The number of aryl methyl sites for hydroxylation is 1. The Kier molecular flexibility index (Phi) is 7.77. The number of rotatable bonds is 8. The van der Waals surface area contributed by atoms with E-state index in [4.69, 9.17) is 0 Å². The summed E-state index contributed by atoms with van der Waals surface area (Å²) in [4.78, 5) is 0. The SMILES string of the molecule is C=Cc1ccc(Nc2ccc(C(c3ccc(Nc4ccc(CC)cc4)cc3)(C(F)(F)F)C(F)(F)F)cc2)cc1. The fraction of sp³-hybridized carbons (Fsp3) is 0.161. The van der Waals surface area contributed by atoms with Crippen molar-refractivity contribution >= 4 is 28.8 Å². The molecule has 0 unspecified atom stereocenters. The van der Waals surface area contributed by atoms with E-state index in [0.29, 0.717) is 22.7 Å². The third kappa shape index (κ3) is 5.65. The highest BCUT2D eigenvalue weighted by atomic mass is 19.4. The molecule has 0 aliphatic heterocycles. The van der Waals surface area contributed by atoms with Crippen LogP contribution >= 0.6 is 0 Å². The van der Waals surface area contributed by atoms with Crippen molar-refractivity contribution in [3.63, 3.8) is 0 Å². The third-order valence-corrected chi connectivity index (χ3v) is 6.57. The van der Waals surface area contributed by atoms with Crippen LogP contribution in [0.2, 0.25) is 0 Å². The Morgan fingerprint density at radius 3 is 1.21 bits per heavy atom. The number of hydrogen-bond acceptors (Lipinski definition) is 2. The predicted octanol–water partition coefficient (Wildman–Crippen LogP) is 9.79. The largest absolute Gasteiger partial charge is 0.411 e. The van der Waals surface area contributed by atoms with Crippen LogP contribution in [0.3, 0.4) is 0 Å². The zero-order valence-electron chi connectivity index (χ0n) is 21.0. The van der Waals surface area contributed by atoms with Gasteiger partial charge in [0.15, 0.2) is 0 Å². The highest BCUT2D eigenvalue weighted by molar-refractivity contribution is 5.64. The molecule has 8 heteroatoms. The Labute approximate surface area is 223 Å². The topological polar surface area (TPSA) is 24.1 Å². The molecule has 0 aliphatic carbocycles. The van der Waals surface area contributed by atoms with E-state index in [1.54, 1.807) is 42.5 Å². The zero-order valence-corrected chi connectivity index (χ0v) is 21.0. The van der Waals surface area contributed by atoms with Crippen molar-refractivity contribution in [3.05, 3.63) is 126 Å². The minimum Gasteiger partial charge on any atom is -0.356 e. The van der Waals surface area contributed by atoms with Gasteiger partial charge in [0.25, 0.3) is 0 Å². The molecular weight excluding hydrogens is 514 g/mol. The monoisotopic (exact) mass is 540 g/mol. The molecule has 2 N–H and O–H groups in total. The first kappa shape index (κ1) is 27.8. The van der Waals surface area contributed by atoms with Gasteiger partial charge >= 0.3 is 12.4 Å². The van der Waals surface area contributed by atoms with E-state index in [1.807, 2.05) is 19.1 Å². The molecule has 0 aromatic heterocycles. The molecule has 0 radical (unpaired) electrons. The van der Waals surface area contributed by atoms with Crippen molar-refractivity contribution < 1.29 is 26.3 Å². The lowest BCUT2D eigenvalue weighted by atomic mass is 9.73. The highest BCUT2D eigenvalue weighted by Crippen LogP contribution is 2.56. The van der Waals surface area contributed by atoms with Crippen molar-refractivity contribution in [2.45, 2.75) is 31.1 Å². The normalized spacial score (nSPS) is 12.2. The molecule has 0 fully saturated rings. The van der Waals surface area contributed by atoms with Crippen LogP contribution in [0.5, 0.6) is 0 Å². The minimum atomic E-state index is -5.66. The van der Waals surface area contributed by atoms with E-state index in [-0.39, 0.29) is 0 Å². The van der Waals surface area contributed by atoms with E-state index in [1.165, 1.54) is 24.3 Å². The molecule has 4 aromatic rings. The first-order valence-corrected chi connectivity index (χ1v) is 12.2. The standard InChI is InChI=1S/C31H26F6N2/c1-3-21-5-13-25(14-6-21)38-27-17-9-23(10-18-27)29(30(32,33)34,31(35,36)37)24-11-19-28(20-12-24)39-26-15-7-22(4-2)8-16-26/h3,5-20,38-39H,1,4H2,2H3. The molecule has 4 rings (SSSR count). The molecule has 0 heterocycles. The quantitative estimate of drug-likeness (QED) is 0.217. The van der Waals surface area contributed by atoms with Gasteiger partial charge in [0.05, 0.1) is 0 Å². The predicted molar refractivity (Wildman–Crippen MR) is 145 cm³/mol. The number of anilines is 4. The van der Waals surface area contributed by atoms with Crippen LogP contribution in [0.15, 0.2) is 104 Å².